The fourth-order valence-electron chi connectivity index (χ4n) is 8.42. The van der Waals surface area contributed by atoms with Crippen LogP contribution in [0.2, 0.25) is 0 Å². The number of hydrogen-bond donors (Lipinski definition) is 13. The first-order valence-corrected chi connectivity index (χ1v) is 27.7. The number of aliphatic hydroxyl groups excluding tert-OH is 2. The lowest BCUT2D eigenvalue weighted by molar-refractivity contribution is -0.145. The Morgan fingerprint density at radius 2 is 0.838 bits per heavy atom. The smallest absolute Gasteiger partial charge is 0.305 e. The van der Waals surface area contributed by atoms with Gasteiger partial charge in [-0.2, -0.15) is 0 Å². The van der Waals surface area contributed by atoms with Crippen LogP contribution in [-0.2, 0) is 57.5 Å². The molecule has 0 unspecified atom stereocenters. The summed E-state index contributed by atoms with van der Waals surface area (Å²) in [6, 6.07) is -13.7. The van der Waals surface area contributed by atoms with Gasteiger partial charge in [0.25, 0.3) is 0 Å². The van der Waals surface area contributed by atoms with Gasteiger partial charge in [0.1, 0.15) is 54.4 Å². The maximum Gasteiger partial charge on any atom is 0.305 e. The number of amides is 10. The van der Waals surface area contributed by atoms with Gasteiger partial charge in [-0.05, 0) is 37.5 Å². The van der Waals surface area contributed by atoms with Crippen molar-refractivity contribution in [3.05, 3.63) is 0 Å². The minimum absolute atomic E-state index is 0.0313. The lowest BCUT2D eigenvalue weighted by Crippen LogP contribution is -2.61. The first-order chi connectivity index (χ1) is 37.7. The lowest BCUT2D eigenvalue weighted by Gasteiger charge is -2.33. The van der Waals surface area contributed by atoms with E-state index in [2.05, 4.69) is 55.4 Å². The molecule has 0 aliphatic carbocycles. The summed E-state index contributed by atoms with van der Waals surface area (Å²) in [5.74, 6) is -10.9. The largest absolute Gasteiger partial charge is 0.481 e. The number of hydrogen-bond acceptors (Lipinski definition) is 14. The summed E-state index contributed by atoms with van der Waals surface area (Å²) in [6.07, 6.45) is 12.9. The van der Waals surface area contributed by atoms with E-state index in [4.69, 9.17) is 12.2 Å². The zero-order chi connectivity index (χ0) is 61.1. The van der Waals surface area contributed by atoms with Crippen molar-refractivity contribution in [2.45, 2.75) is 225 Å². The highest BCUT2D eigenvalue weighted by atomic mass is 16.4. The predicted octanol–water partition coefficient (Wildman–Crippen LogP) is -0.252. The number of rotatable bonds is 43. The third kappa shape index (κ3) is 29.9. The van der Waals surface area contributed by atoms with Gasteiger partial charge in [-0.15, -0.1) is 12.3 Å². The summed E-state index contributed by atoms with van der Waals surface area (Å²) in [7, 11) is 1.17. The number of unbranched alkanes of at least 4 members (excludes halogenated alkanes) is 10. The molecule has 0 heterocycles. The van der Waals surface area contributed by atoms with Crippen LogP contribution < -0.4 is 48.3 Å². The number of carboxylic acid groups (broad SMARTS) is 2. The first-order valence-electron chi connectivity index (χ1n) is 27.7. The summed E-state index contributed by atoms with van der Waals surface area (Å²) in [5, 5.41) is 59.2. The molecule has 0 rings (SSSR count). The van der Waals surface area contributed by atoms with Gasteiger partial charge in [0.2, 0.25) is 59.1 Å². The minimum atomic E-state index is -1.86. The number of primary amides is 1. The number of carbonyl (C=O) groups excluding carboxylic acids is 10. The Kier molecular flexibility index (Phi) is 36.9. The van der Waals surface area contributed by atoms with E-state index in [9.17, 15) is 78.0 Å². The average molecular weight is 1140 g/mol. The van der Waals surface area contributed by atoms with Crippen molar-refractivity contribution in [1.82, 2.24) is 47.4 Å². The molecule has 0 aliphatic heterocycles. The Labute approximate surface area is 470 Å². The van der Waals surface area contributed by atoms with Crippen molar-refractivity contribution < 1.29 is 78.0 Å². The molecular formula is C54H92N10O16. The molecule has 14 N–H and O–H groups in total. The molecule has 0 radical (unpaired) electrons. The van der Waals surface area contributed by atoms with Crippen LogP contribution in [0.25, 0.3) is 0 Å². The maximum absolute atomic E-state index is 14.2. The molecule has 0 saturated heterocycles. The van der Waals surface area contributed by atoms with E-state index in [-0.39, 0.29) is 43.9 Å². The van der Waals surface area contributed by atoms with Crippen LogP contribution in [-0.4, -0.2) is 171 Å². The number of nitrogens with two attached hydrogens (primary N) is 1. The summed E-state index contributed by atoms with van der Waals surface area (Å²) in [6.45, 7) is 10.1. The molecule has 0 saturated carbocycles. The number of likely N-dealkylation sites (N-methyl/N-ethyl adjacent to an activating group) is 1. The van der Waals surface area contributed by atoms with Crippen molar-refractivity contribution in [2.24, 2.45) is 17.6 Å². The zero-order valence-corrected chi connectivity index (χ0v) is 48.0. The van der Waals surface area contributed by atoms with Crippen molar-refractivity contribution >= 4 is 71.0 Å². The number of aliphatic hydroxyl groups is 2. The molecule has 26 nitrogen and oxygen atoms in total. The van der Waals surface area contributed by atoms with Crippen molar-refractivity contribution in [3.63, 3.8) is 0 Å². The second-order valence-electron chi connectivity index (χ2n) is 20.9. The van der Waals surface area contributed by atoms with Gasteiger partial charge >= 0.3 is 11.9 Å². The van der Waals surface area contributed by atoms with Crippen LogP contribution in [0, 0.1) is 24.2 Å². The molecule has 0 fully saturated rings. The topological polar surface area (TPSA) is 411 Å². The summed E-state index contributed by atoms with van der Waals surface area (Å²) < 4.78 is 0. The molecule has 9 atom stereocenters. The Balaban J connectivity index is 6.63. The van der Waals surface area contributed by atoms with Crippen LogP contribution in [0.15, 0.2) is 0 Å². The molecule has 454 valence electrons. The van der Waals surface area contributed by atoms with Gasteiger partial charge in [-0.25, -0.2) is 0 Å². The Bertz CT molecular complexity index is 2080. The van der Waals surface area contributed by atoms with E-state index in [0.29, 0.717) is 25.7 Å². The van der Waals surface area contributed by atoms with E-state index in [1.807, 2.05) is 6.92 Å². The Hall–Kier alpha value is -6.88. The number of carbonyl (C=O) groups is 12. The van der Waals surface area contributed by atoms with Crippen LogP contribution in [0.3, 0.4) is 0 Å². The summed E-state index contributed by atoms with van der Waals surface area (Å²) in [4.78, 5) is 159. The number of terminal acetylenes is 1. The predicted molar refractivity (Wildman–Crippen MR) is 294 cm³/mol. The maximum atomic E-state index is 14.2. The zero-order valence-electron chi connectivity index (χ0n) is 48.0. The fourth-order valence-corrected chi connectivity index (χ4v) is 8.42. The average Bonchev–Trinajstić information content (AvgIpc) is 3.37. The summed E-state index contributed by atoms with van der Waals surface area (Å²) >= 11 is 0. The second kappa shape index (κ2) is 40.3. The van der Waals surface area contributed by atoms with Crippen LogP contribution in [0.5, 0.6) is 0 Å². The molecule has 0 aromatic heterocycles. The van der Waals surface area contributed by atoms with Gasteiger partial charge in [-0.3, -0.25) is 57.5 Å². The SMILES string of the molecule is C#CC[C@H](NC(C)=O)C(=O)N[C@@H](CCCCCCCC)C(=O)N[C@@H](CO)C(=O)N[C@@H](CC(C)C)C(=O)N[C@@H](CO)C(=O)N(C)[C@@H](CC(C)C)C(=O)N[C@@H](CC(=O)O)C(=O)N[C@@H](CCCCCCCC)C(=O)N[C@@H](CC(=O)O)C(N)=O. The highest BCUT2D eigenvalue weighted by Gasteiger charge is 2.38. The van der Waals surface area contributed by atoms with Crippen molar-refractivity contribution in [2.75, 3.05) is 20.3 Å². The Morgan fingerprint density at radius 1 is 0.475 bits per heavy atom. The van der Waals surface area contributed by atoms with Crippen LogP contribution >= 0.6 is 0 Å². The quantitative estimate of drug-likeness (QED) is 0.0277. The van der Waals surface area contributed by atoms with Crippen LogP contribution in [0.4, 0.5) is 0 Å². The first kappa shape index (κ1) is 73.1. The van der Waals surface area contributed by atoms with Gasteiger partial charge in [-0.1, -0.05) is 119 Å². The van der Waals surface area contributed by atoms with E-state index < -0.39 is 151 Å². The standard InChI is InChI=1S/C54H92N10O16/c1-10-13-15-17-19-21-24-36(48(74)59-38(46(55)72)28-44(68)69)58-51(77)40(29-45(70)71)61-53(79)43(27-33(6)7)64(9)54(80)42(31-66)63-50(76)39(26-32(4)5)60-52(78)41(30-65)62-49(75)37(25-22-20-18-16-14-11-2)57-47(73)35(23-12-3)56-34(8)67/h3,32-33,35-43,65-66H,10-11,13-31H2,1-2,4-9H3,(H2,55,72)(H,56,67)(H,57,73)(H,58,77)(H,59,74)(H,60,78)(H,61,79)(H,62,75)(H,63,76)(H,68,69)(H,70,71)/t35-,36-,37-,38-,39-,40-,41-,42-,43-/m0/s1. The molecule has 26 heteroatoms. The third-order valence-electron chi connectivity index (χ3n) is 12.8. The van der Waals surface area contributed by atoms with E-state index in [0.717, 1.165) is 56.3 Å². The molecular weight excluding hydrogens is 1040 g/mol. The monoisotopic (exact) mass is 1140 g/mol. The molecule has 0 aromatic rings. The van der Waals surface area contributed by atoms with E-state index in [1.54, 1.807) is 27.7 Å². The van der Waals surface area contributed by atoms with E-state index in [1.165, 1.54) is 14.0 Å². The van der Waals surface area contributed by atoms with Gasteiger partial charge in [0.15, 0.2) is 0 Å². The molecule has 10 amide bonds. The highest BCUT2D eigenvalue weighted by Crippen LogP contribution is 2.16. The molecule has 80 heavy (non-hydrogen) atoms. The van der Waals surface area contributed by atoms with Crippen molar-refractivity contribution in [1.29, 1.82) is 0 Å². The normalized spacial score (nSPS) is 14.4. The molecule has 0 aromatic carbocycles. The fraction of sp³-hybridized carbons (Fsp3) is 0.741. The lowest BCUT2D eigenvalue weighted by atomic mass is 9.99. The molecule has 0 bridgehead atoms. The van der Waals surface area contributed by atoms with E-state index >= 15 is 0 Å². The molecule has 0 aliphatic rings. The second-order valence-corrected chi connectivity index (χ2v) is 20.9. The number of nitrogens with zero attached hydrogens (tertiary/aromatic N) is 1. The van der Waals surface area contributed by atoms with Gasteiger partial charge < -0.3 is 73.6 Å². The number of carboxylic acids is 2. The summed E-state index contributed by atoms with van der Waals surface area (Å²) in [5.41, 5.74) is 5.32. The highest BCUT2D eigenvalue weighted by molar-refractivity contribution is 5.99. The van der Waals surface area contributed by atoms with Crippen molar-refractivity contribution in [3.8, 4) is 12.3 Å². The number of nitrogens with one attached hydrogen (secondary N) is 8. The van der Waals surface area contributed by atoms with Gasteiger partial charge in [0, 0.05) is 20.4 Å². The molecule has 0 spiro atoms. The van der Waals surface area contributed by atoms with Crippen LogP contribution in [0.1, 0.15) is 170 Å². The van der Waals surface area contributed by atoms with Gasteiger partial charge in [0.05, 0.1) is 26.1 Å². The minimum Gasteiger partial charge on any atom is -0.481 e. The third-order valence-corrected chi connectivity index (χ3v) is 12.8. The Morgan fingerprint density at radius 3 is 1.26 bits per heavy atom. The number of aliphatic carboxylic acids is 2.